The van der Waals surface area contributed by atoms with Gasteiger partial charge in [0.15, 0.2) is 0 Å². The molecule has 4 heteroatoms. The van der Waals surface area contributed by atoms with Crippen LogP contribution in [0.4, 0.5) is 4.39 Å². The number of benzene rings is 2. The molecule has 0 aliphatic carbocycles. The van der Waals surface area contributed by atoms with Gasteiger partial charge >= 0.3 is 5.97 Å². The molecule has 0 aromatic heterocycles. The van der Waals surface area contributed by atoms with Gasteiger partial charge in [-0.05, 0) is 29.3 Å². The number of hydrogen-bond acceptors (Lipinski definition) is 3. The Balaban J connectivity index is 1.92. The monoisotopic (exact) mass is 323 g/mol. The van der Waals surface area contributed by atoms with Gasteiger partial charge in [-0.3, -0.25) is 0 Å². The van der Waals surface area contributed by atoms with Crippen molar-refractivity contribution in [3.8, 4) is 0 Å². The van der Waals surface area contributed by atoms with E-state index < -0.39 is 0 Å². The maximum absolute atomic E-state index is 13.2. The van der Waals surface area contributed by atoms with E-state index in [9.17, 15) is 9.18 Å². The van der Waals surface area contributed by atoms with Crippen molar-refractivity contribution in [2.75, 3.05) is 7.11 Å². The average molecular weight is 323 g/mol. The van der Waals surface area contributed by atoms with Gasteiger partial charge in [0.25, 0.3) is 0 Å². The van der Waals surface area contributed by atoms with Crippen molar-refractivity contribution in [3.05, 3.63) is 95.5 Å². The molecule has 0 amide bonds. The Morgan fingerprint density at radius 1 is 1.12 bits per heavy atom. The number of rotatable bonds is 4. The van der Waals surface area contributed by atoms with Crippen LogP contribution in [0.5, 0.6) is 0 Å². The maximum Gasteiger partial charge on any atom is 0.339 e. The van der Waals surface area contributed by atoms with Crippen molar-refractivity contribution in [1.82, 2.24) is 4.90 Å². The van der Waals surface area contributed by atoms with Crippen molar-refractivity contribution in [2.45, 2.75) is 12.6 Å². The van der Waals surface area contributed by atoms with Crippen LogP contribution in [0.25, 0.3) is 0 Å². The molecule has 2 aromatic rings. The van der Waals surface area contributed by atoms with Crippen LogP contribution in [0, 0.1) is 5.82 Å². The first-order valence-electron chi connectivity index (χ1n) is 7.71. The number of ether oxygens (including phenoxy) is 1. The van der Waals surface area contributed by atoms with Gasteiger partial charge in [-0.15, -0.1) is 0 Å². The van der Waals surface area contributed by atoms with Crippen molar-refractivity contribution in [1.29, 1.82) is 0 Å². The van der Waals surface area contributed by atoms with Crippen molar-refractivity contribution >= 4 is 5.97 Å². The Kier molecular flexibility index (Phi) is 4.75. The summed E-state index contributed by atoms with van der Waals surface area (Å²) in [5, 5.41) is 0. The summed E-state index contributed by atoms with van der Waals surface area (Å²) in [6.45, 7) is 0.633. The molecular formula is C20H18FNO2. The topological polar surface area (TPSA) is 29.5 Å². The van der Waals surface area contributed by atoms with Gasteiger partial charge in [0.05, 0.1) is 18.7 Å². The Morgan fingerprint density at radius 2 is 1.83 bits per heavy atom. The number of halogens is 1. The summed E-state index contributed by atoms with van der Waals surface area (Å²) < 4.78 is 18.0. The number of carbonyl (C=O) groups excluding carboxylic acids is 1. The first-order valence-corrected chi connectivity index (χ1v) is 7.71. The zero-order valence-corrected chi connectivity index (χ0v) is 13.4. The van der Waals surface area contributed by atoms with Crippen LogP contribution in [0.1, 0.15) is 17.2 Å². The lowest BCUT2D eigenvalue weighted by atomic mass is 10.00. The highest BCUT2D eigenvalue weighted by Gasteiger charge is 2.22. The van der Waals surface area contributed by atoms with Crippen LogP contribution in [0.15, 0.2) is 78.5 Å². The highest BCUT2D eigenvalue weighted by atomic mass is 19.1. The summed E-state index contributed by atoms with van der Waals surface area (Å²) in [4.78, 5) is 13.9. The molecule has 122 valence electrons. The van der Waals surface area contributed by atoms with E-state index >= 15 is 0 Å². The standard InChI is InChI=1S/C20H18FNO2/c1-24-20(23)17-9-12-19(16-7-10-18(21)11-8-16)22(14-17)13-15-5-3-2-4-6-15/h2-12,14,19H,13H2,1H3/t19-/m1/s1. The summed E-state index contributed by atoms with van der Waals surface area (Å²) in [6, 6.07) is 16.3. The minimum Gasteiger partial charge on any atom is -0.465 e. The van der Waals surface area contributed by atoms with E-state index in [0.717, 1.165) is 11.1 Å². The van der Waals surface area contributed by atoms with Gasteiger partial charge in [0, 0.05) is 12.7 Å². The third-order valence-electron chi connectivity index (χ3n) is 3.96. The van der Waals surface area contributed by atoms with E-state index in [-0.39, 0.29) is 17.8 Å². The molecule has 0 fully saturated rings. The summed E-state index contributed by atoms with van der Waals surface area (Å²) >= 11 is 0. The van der Waals surface area contributed by atoms with E-state index in [1.807, 2.05) is 36.4 Å². The predicted octanol–water partition coefficient (Wildman–Crippen LogP) is 4.00. The minimum absolute atomic E-state index is 0.0702. The molecule has 0 N–H and O–H groups in total. The van der Waals surface area contributed by atoms with Gasteiger partial charge in [0.2, 0.25) is 0 Å². The molecule has 0 bridgehead atoms. The van der Waals surface area contributed by atoms with Crippen LogP contribution in [-0.4, -0.2) is 18.0 Å². The summed E-state index contributed by atoms with van der Waals surface area (Å²) in [7, 11) is 1.37. The zero-order valence-electron chi connectivity index (χ0n) is 13.4. The molecule has 1 heterocycles. The highest BCUT2D eigenvalue weighted by Crippen LogP contribution is 2.29. The number of hydrogen-bond donors (Lipinski definition) is 0. The van der Waals surface area contributed by atoms with E-state index in [2.05, 4.69) is 4.90 Å². The SMILES string of the molecule is COC(=O)C1=CN(Cc2ccccc2)[C@@H](c2ccc(F)cc2)C=C1. The van der Waals surface area contributed by atoms with Crippen LogP contribution < -0.4 is 0 Å². The molecule has 3 rings (SSSR count). The molecule has 1 aliphatic rings. The molecule has 1 aliphatic heterocycles. The van der Waals surface area contributed by atoms with Crippen molar-refractivity contribution in [2.24, 2.45) is 0 Å². The van der Waals surface area contributed by atoms with E-state index in [1.165, 1.54) is 19.2 Å². The van der Waals surface area contributed by atoms with Crippen LogP contribution in [0.2, 0.25) is 0 Å². The first-order chi connectivity index (χ1) is 11.7. The Hall–Kier alpha value is -2.88. The van der Waals surface area contributed by atoms with Crippen LogP contribution in [0.3, 0.4) is 0 Å². The molecule has 0 radical (unpaired) electrons. The molecular weight excluding hydrogens is 305 g/mol. The van der Waals surface area contributed by atoms with E-state index in [0.29, 0.717) is 12.1 Å². The minimum atomic E-state index is -0.373. The molecule has 0 saturated carbocycles. The van der Waals surface area contributed by atoms with Gasteiger partial charge in [-0.25, -0.2) is 9.18 Å². The molecule has 0 unspecified atom stereocenters. The fraction of sp³-hybridized carbons (Fsp3) is 0.150. The second kappa shape index (κ2) is 7.13. The molecule has 3 nitrogen and oxygen atoms in total. The normalized spacial score (nSPS) is 16.7. The highest BCUT2D eigenvalue weighted by molar-refractivity contribution is 5.91. The largest absolute Gasteiger partial charge is 0.465 e. The number of carbonyl (C=O) groups is 1. The second-order valence-electron chi connectivity index (χ2n) is 5.59. The maximum atomic E-state index is 13.2. The first kappa shape index (κ1) is 16.0. The Labute approximate surface area is 140 Å². The van der Waals surface area contributed by atoms with Gasteiger partial charge in [0.1, 0.15) is 5.82 Å². The molecule has 1 atom stereocenters. The lowest BCUT2D eigenvalue weighted by Gasteiger charge is -2.32. The van der Waals surface area contributed by atoms with Gasteiger partial charge < -0.3 is 9.64 Å². The fourth-order valence-electron chi connectivity index (χ4n) is 2.75. The zero-order chi connectivity index (χ0) is 16.9. The summed E-state index contributed by atoms with van der Waals surface area (Å²) in [5.74, 6) is -0.638. The molecule has 0 saturated heterocycles. The van der Waals surface area contributed by atoms with E-state index in [1.54, 1.807) is 24.4 Å². The number of methoxy groups -OCH3 is 1. The van der Waals surface area contributed by atoms with Crippen molar-refractivity contribution < 1.29 is 13.9 Å². The molecule has 0 spiro atoms. The van der Waals surface area contributed by atoms with Crippen LogP contribution in [-0.2, 0) is 16.1 Å². The average Bonchev–Trinajstić information content (AvgIpc) is 2.63. The fourth-order valence-corrected chi connectivity index (χ4v) is 2.75. The quantitative estimate of drug-likeness (QED) is 0.797. The smallest absolute Gasteiger partial charge is 0.339 e. The number of nitrogens with zero attached hydrogens (tertiary/aromatic N) is 1. The Morgan fingerprint density at radius 3 is 2.50 bits per heavy atom. The summed E-state index contributed by atoms with van der Waals surface area (Å²) in [6.07, 6.45) is 5.48. The van der Waals surface area contributed by atoms with E-state index in [4.69, 9.17) is 4.74 Å². The van der Waals surface area contributed by atoms with Crippen molar-refractivity contribution in [3.63, 3.8) is 0 Å². The lowest BCUT2D eigenvalue weighted by molar-refractivity contribution is -0.135. The third-order valence-corrected chi connectivity index (χ3v) is 3.96. The van der Waals surface area contributed by atoms with Gasteiger partial charge in [-0.1, -0.05) is 48.5 Å². The lowest BCUT2D eigenvalue weighted by Crippen LogP contribution is -2.26. The Bertz CT molecular complexity index is 766. The molecule has 2 aromatic carbocycles. The van der Waals surface area contributed by atoms with Gasteiger partial charge in [-0.2, -0.15) is 0 Å². The number of esters is 1. The third kappa shape index (κ3) is 3.54. The predicted molar refractivity (Wildman–Crippen MR) is 90.4 cm³/mol. The summed E-state index contributed by atoms with van der Waals surface area (Å²) in [5.41, 5.74) is 2.58. The molecule has 24 heavy (non-hydrogen) atoms. The second-order valence-corrected chi connectivity index (χ2v) is 5.59. The van der Waals surface area contributed by atoms with Crippen LogP contribution >= 0.6 is 0 Å².